The number of para-hydroxylation sites is 1. The zero-order valence-corrected chi connectivity index (χ0v) is 18.5. The molecule has 0 unspecified atom stereocenters. The topological polar surface area (TPSA) is 79.0 Å². The number of urea groups is 1. The zero-order chi connectivity index (χ0) is 23.4. The fourth-order valence-electron chi connectivity index (χ4n) is 3.80. The van der Waals surface area contributed by atoms with Crippen LogP contribution in [-0.2, 0) is 16.1 Å². The van der Waals surface area contributed by atoms with E-state index in [0.717, 1.165) is 16.0 Å². The van der Waals surface area contributed by atoms with Crippen molar-refractivity contribution in [1.29, 1.82) is 0 Å². The average molecular weight is 444 g/mol. The van der Waals surface area contributed by atoms with Gasteiger partial charge in [0.15, 0.2) is 0 Å². The van der Waals surface area contributed by atoms with E-state index in [0.29, 0.717) is 17.1 Å². The number of carbonyl (C=O) groups is 3. The van der Waals surface area contributed by atoms with E-state index in [1.165, 1.54) is 12.0 Å². The zero-order valence-electron chi connectivity index (χ0n) is 18.5. The summed E-state index contributed by atoms with van der Waals surface area (Å²) in [4.78, 5) is 42.1. The Morgan fingerprint density at radius 2 is 1.70 bits per heavy atom. The number of imide groups is 1. The second kappa shape index (κ2) is 9.56. The van der Waals surface area contributed by atoms with E-state index in [4.69, 9.17) is 4.74 Å². The molecule has 1 atom stereocenters. The van der Waals surface area contributed by atoms with Gasteiger partial charge in [0.05, 0.1) is 19.2 Å². The minimum Gasteiger partial charge on any atom is -0.497 e. The van der Waals surface area contributed by atoms with Crippen LogP contribution in [0.2, 0.25) is 0 Å². The lowest BCUT2D eigenvalue weighted by Gasteiger charge is -2.22. The predicted molar refractivity (Wildman–Crippen MR) is 126 cm³/mol. The number of ether oxygens (including phenoxy) is 1. The molecule has 1 heterocycles. The van der Waals surface area contributed by atoms with Crippen molar-refractivity contribution < 1.29 is 19.1 Å². The number of hydrogen-bond acceptors (Lipinski definition) is 4. The molecule has 0 spiro atoms. The summed E-state index contributed by atoms with van der Waals surface area (Å²) in [6, 6.07) is 22.1. The van der Waals surface area contributed by atoms with Crippen LogP contribution in [0.4, 0.5) is 16.2 Å². The number of nitrogens with one attached hydrogen (secondary N) is 1. The van der Waals surface area contributed by atoms with Crippen molar-refractivity contribution in [2.24, 2.45) is 0 Å². The molecular weight excluding hydrogens is 418 g/mol. The summed E-state index contributed by atoms with van der Waals surface area (Å²) in [5, 5.41) is 2.80. The molecule has 3 aromatic rings. The van der Waals surface area contributed by atoms with Crippen molar-refractivity contribution in [3.63, 3.8) is 0 Å². The van der Waals surface area contributed by atoms with Gasteiger partial charge >= 0.3 is 6.03 Å². The third kappa shape index (κ3) is 4.87. The molecule has 1 fully saturated rings. The summed E-state index contributed by atoms with van der Waals surface area (Å²) < 4.78 is 5.25. The third-order valence-corrected chi connectivity index (χ3v) is 5.54. The van der Waals surface area contributed by atoms with Gasteiger partial charge in [0.25, 0.3) is 5.91 Å². The van der Waals surface area contributed by atoms with Gasteiger partial charge in [-0.2, -0.15) is 0 Å². The molecule has 1 saturated heterocycles. The highest BCUT2D eigenvalue weighted by atomic mass is 16.5. The average Bonchev–Trinajstić information content (AvgIpc) is 3.05. The van der Waals surface area contributed by atoms with Crippen LogP contribution in [0.3, 0.4) is 0 Å². The van der Waals surface area contributed by atoms with E-state index in [9.17, 15) is 14.4 Å². The maximum Gasteiger partial charge on any atom is 0.332 e. The number of anilines is 2. The highest BCUT2D eigenvalue weighted by Crippen LogP contribution is 2.30. The monoisotopic (exact) mass is 443 g/mol. The first-order valence-corrected chi connectivity index (χ1v) is 10.7. The van der Waals surface area contributed by atoms with Crippen LogP contribution in [0.15, 0.2) is 78.9 Å². The van der Waals surface area contributed by atoms with Crippen molar-refractivity contribution >= 4 is 29.2 Å². The lowest BCUT2D eigenvalue weighted by molar-refractivity contribution is -0.124. The van der Waals surface area contributed by atoms with E-state index in [1.807, 2.05) is 49.4 Å². The van der Waals surface area contributed by atoms with Crippen molar-refractivity contribution in [3.8, 4) is 5.75 Å². The van der Waals surface area contributed by atoms with Crippen LogP contribution in [0.1, 0.15) is 17.5 Å². The second-order valence-electron chi connectivity index (χ2n) is 7.91. The number of nitrogens with zero attached hydrogens (tertiary/aromatic N) is 2. The van der Waals surface area contributed by atoms with Gasteiger partial charge in [-0.25, -0.2) is 9.69 Å². The normalized spacial score (nSPS) is 15.6. The van der Waals surface area contributed by atoms with Gasteiger partial charge in [-0.1, -0.05) is 54.1 Å². The van der Waals surface area contributed by atoms with E-state index in [-0.39, 0.29) is 18.9 Å². The minimum atomic E-state index is -0.922. The number of rotatable bonds is 7. The van der Waals surface area contributed by atoms with Crippen LogP contribution in [0.25, 0.3) is 0 Å². The third-order valence-electron chi connectivity index (χ3n) is 5.54. The molecule has 4 amide bonds. The summed E-state index contributed by atoms with van der Waals surface area (Å²) in [7, 11) is 1.52. The van der Waals surface area contributed by atoms with E-state index >= 15 is 0 Å². The molecule has 3 aromatic carbocycles. The molecule has 7 nitrogen and oxygen atoms in total. The van der Waals surface area contributed by atoms with E-state index in [1.54, 1.807) is 36.4 Å². The van der Waals surface area contributed by atoms with Crippen LogP contribution in [0.5, 0.6) is 5.75 Å². The fraction of sp³-hybridized carbons (Fsp3) is 0.192. The first kappa shape index (κ1) is 22.1. The van der Waals surface area contributed by atoms with Crippen LogP contribution < -0.4 is 15.0 Å². The quantitative estimate of drug-likeness (QED) is 0.550. The van der Waals surface area contributed by atoms with Gasteiger partial charge < -0.3 is 15.0 Å². The summed E-state index contributed by atoms with van der Waals surface area (Å²) in [5.74, 6) is -0.249. The van der Waals surface area contributed by atoms with Crippen LogP contribution in [0, 0.1) is 6.92 Å². The van der Waals surface area contributed by atoms with Crippen molar-refractivity contribution in [1.82, 2.24) is 4.90 Å². The molecule has 0 aromatic heterocycles. The van der Waals surface area contributed by atoms with Gasteiger partial charge in [-0.05, 0) is 36.8 Å². The smallest absolute Gasteiger partial charge is 0.332 e. The molecular formula is C26H25N3O4. The van der Waals surface area contributed by atoms with Gasteiger partial charge in [0, 0.05) is 18.3 Å². The summed E-state index contributed by atoms with van der Waals surface area (Å²) in [5.41, 5.74) is 3.01. The number of carbonyl (C=O) groups excluding carboxylic acids is 3. The van der Waals surface area contributed by atoms with E-state index < -0.39 is 18.0 Å². The minimum absolute atomic E-state index is 0.147. The first-order chi connectivity index (χ1) is 16.0. The maximum absolute atomic E-state index is 13.4. The molecule has 4 rings (SSSR count). The Hall–Kier alpha value is -4.13. The Morgan fingerprint density at radius 3 is 2.39 bits per heavy atom. The Labute approximate surface area is 192 Å². The Kier molecular flexibility index (Phi) is 6.40. The highest BCUT2D eigenvalue weighted by Gasteiger charge is 2.46. The summed E-state index contributed by atoms with van der Waals surface area (Å²) in [6.07, 6.45) is -0.147. The molecule has 1 N–H and O–H groups in total. The maximum atomic E-state index is 13.4. The molecule has 0 bridgehead atoms. The van der Waals surface area contributed by atoms with E-state index in [2.05, 4.69) is 5.32 Å². The van der Waals surface area contributed by atoms with Crippen LogP contribution in [-0.4, -0.2) is 35.9 Å². The van der Waals surface area contributed by atoms with Crippen LogP contribution >= 0.6 is 0 Å². The van der Waals surface area contributed by atoms with Gasteiger partial charge in [-0.15, -0.1) is 0 Å². The molecule has 1 aliphatic rings. The van der Waals surface area contributed by atoms with Gasteiger partial charge in [-0.3, -0.25) is 9.59 Å². The molecule has 1 aliphatic heterocycles. The predicted octanol–water partition coefficient (Wildman–Crippen LogP) is 4.37. The number of aryl methyl sites for hydroxylation is 1. The Bertz CT molecular complexity index is 1160. The number of amides is 4. The number of methoxy groups -OCH3 is 1. The molecule has 7 heteroatoms. The Morgan fingerprint density at radius 1 is 0.970 bits per heavy atom. The largest absolute Gasteiger partial charge is 0.497 e. The van der Waals surface area contributed by atoms with Gasteiger partial charge in [0.2, 0.25) is 5.91 Å². The molecule has 168 valence electrons. The number of hydrogen-bond donors (Lipinski definition) is 1. The molecule has 0 radical (unpaired) electrons. The lowest BCUT2D eigenvalue weighted by atomic mass is 10.1. The van der Waals surface area contributed by atoms with Crippen molar-refractivity contribution in [2.75, 3.05) is 17.3 Å². The Balaban J connectivity index is 1.62. The standard InChI is InChI=1S/C26H25N3O4/c1-18-11-13-19(14-12-18)17-28-23(16-24(30)27-20-7-4-3-5-8-20)25(31)29(26(28)32)21-9-6-10-22(15-21)33-2/h3-15,23H,16-17H2,1-2H3,(H,27,30)/t23-/m1/s1. The molecule has 0 aliphatic carbocycles. The summed E-state index contributed by atoms with van der Waals surface area (Å²) >= 11 is 0. The summed E-state index contributed by atoms with van der Waals surface area (Å²) in [6.45, 7) is 2.20. The van der Waals surface area contributed by atoms with Crippen molar-refractivity contribution in [2.45, 2.75) is 25.9 Å². The van der Waals surface area contributed by atoms with Gasteiger partial charge in [0.1, 0.15) is 11.8 Å². The number of benzene rings is 3. The fourth-order valence-corrected chi connectivity index (χ4v) is 3.80. The van der Waals surface area contributed by atoms with Crippen molar-refractivity contribution in [3.05, 3.63) is 90.0 Å². The molecule has 0 saturated carbocycles. The second-order valence-corrected chi connectivity index (χ2v) is 7.91. The highest BCUT2D eigenvalue weighted by molar-refractivity contribution is 6.22. The lowest BCUT2D eigenvalue weighted by Crippen LogP contribution is -2.37. The SMILES string of the molecule is COc1cccc(N2C(=O)[C@@H](CC(=O)Nc3ccccc3)N(Cc3ccc(C)cc3)C2=O)c1. The first-order valence-electron chi connectivity index (χ1n) is 10.7. The molecule has 33 heavy (non-hydrogen) atoms.